The van der Waals surface area contributed by atoms with Crippen LogP contribution in [-0.4, -0.2) is 50.7 Å². The summed E-state index contributed by atoms with van der Waals surface area (Å²) >= 11 is 0. The highest BCUT2D eigenvalue weighted by Crippen LogP contribution is 1.90. The molecule has 2 N–H and O–H groups in total. The molecule has 0 aliphatic rings. The first-order valence-corrected chi connectivity index (χ1v) is 6.35. The fourth-order valence-corrected chi connectivity index (χ4v) is 1.18. The zero-order valence-electron chi connectivity index (χ0n) is 11.2. The Kier molecular flexibility index (Phi) is 11.8. The van der Waals surface area contributed by atoms with Crippen molar-refractivity contribution < 1.29 is 14.6 Å². The van der Waals surface area contributed by atoms with E-state index in [1.54, 1.807) is 0 Å². The highest BCUT2D eigenvalue weighted by Gasteiger charge is 2.02. The first-order chi connectivity index (χ1) is 8.16. The average molecular weight is 245 g/mol. The van der Waals surface area contributed by atoms with Gasteiger partial charge in [-0.05, 0) is 13.3 Å². The van der Waals surface area contributed by atoms with E-state index in [1.807, 2.05) is 6.92 Å². The minimum atomic E-state index is -0.437. The monoisotopic (exact) mass is 245 g/mol. The third kappa shape index (κ3) is 13.5. The van der Waals surface area contributed by atoms with Gasteiger partial charge in [0.1, 0.15) is 0 Å². The molecule has 0 radical (unpaired) electrons. The molecule has 0 fully saturated rings. The van der Waals surface area contributed by atoms with Gasteiger partial charge in [0, 0.05) is 19.7 Å². The molecule has 4 heteroatoms. The van der Waals surface area contributed by atoms with E-state index < -0.39 is 6.10 Å². The van der Waals surface area contributed by atoms with Crippen molar-refractivity contribution in [2.24, 2.45) is 0 Å². The molecule has 0 aliphatic heterocycles. The molecule has 1 atom stereocenters. The lowest BCUT2D eigenvalue weighted by atomic mass is 10.3. The van der Waals surface area contributed by atoms with Gasteiger partial charge in [0.05, 0.1) is 25.9 Å². The van der Waals surface area contributed by atoms with E-state index in [0.717, 1.165) is 31.6 Å². The van der Waals surface area contributed by atoms with Crippen molar-refractivity contribution in [1.82, 2.24) is 5.32 Å². The van der Waals surface area contributed by atoms with Gasteiger partial charge < -0.3 is 19.9 Å². The molecule has 0 saturated heterocycles. The Hall–Kier alpha value is -0.420. The molecule has 0 aromatic carbocycles. The molecule has 0 spiro atoms. The zero-order chi connectivity index (χ0) is 12.9. The highest BCUT2D eigenvalue weighted by molar-refractivity contribution is 4.87. The zero-order valence-corrected chi connectivity index (χ0v) is 11.2. The van der Waals surface area contributed by atoms with Crippen LogP contribution in [-0.2, 0) is 9.47 Å². The van der Waals surface area contributed by atoms with E-state index in [-0.39, 0.29) is 0 Å². The van der Waals surface area contributed by atoms with Crippen molar-refractivity contribution in [3.05, 3.63) is 12.2 Å². The van der Waals surface area contributed by atoms with Crippen LogP contribution in [0.5, 0.6) is 0 Å². The molecule has 0 saturated carbocycles. The number of aliphatic hydroxyl groups excluding tert-OH is 1. The summed E-state index contributed by atoms with van der Waals surface area (Å²) in [6.45, 7) is 11.5. The molecular formula is C13H27NO3. The number of unbranched alkanes of at least 4 members (excludes halogenated alkanes) is 1. The molecule has 17 heavy (non-hydrogen) atoms. The number of rotatable bonds is 12. The molecule has 0 heterocycles. The molecule has 0 rings (SSSR count). The number of hydrogen-bond donors (Lipinski definition) is 2. The Morgan fingerprint density at radius 2 is 2.12 bits per heavy atom. The van der Waals surface area contributed by atoms with E-state index >= 15 is 0 Å². The maximum absolute atomic E-state index is 9.55. The molecule has 0 aliphatic carbocycles. The minimum Gasteiger partial charge on any atom is -0.389 e. The predicted octanol–water partition coefficient (Wildman–Crippen LogP) is 1.35. The largest absolute Gasteiger partial charge is 0.389 e. The van der Waals surface area contributed by atoms with Gasteiger partial charge in [-0.1, -0.05) is 25.5 Å². The Bertz CT molecular complexity index is 186. The number of ether oxygens (including phenoxy) is 2. The summed E-state index contributed by atoms with van der Waals surface area (Å²) in [4.78, 5) is 0. The molecule has 0 amide bonds. The van der Waals surface area contributed by atoms with Crippen LogP contribution in [0.15, 0.2) is 12.2 Å². The van der Waals surface area contributed by atoms with Gasteiger partial charge in [-0.3, -0.25) is 0 Å². The summed E-state index contributed by atoms with van der Waals surface area (Å²) in [5.74, 6) is 0. The molecule has 102 valence electrons. The van der Waals surface area contributed by atoms with Crippen molar-refractivity contribution in [3.8, 4) is 0 Å². The Morgan fingerprint density at radius 1 is 1.35 bits per heavy atom. The van der Waals surface area contributed by atoms with Crippen LogP contribution in [0, 0.1) is 0 Å². The van der Waals surface area contributed by atoms with Crippen molar-refractivity contribution in [2.45, 2.75) is 32.8 Å². The summed E-state index contributed by atoms with van der Waals surface area (Å²) < 4.78 is 10.6. The fraction of sp³-hybridized carbons (Fsp3) is 0.846. The van der Waals surface area contributed by atoms with Crippen molar-refractivity contribution in [2.75, 3.05) is 39.5 Å². The number of aliphatic hydroxyl groups is 1. The topological polar surface area (TPSA) is 50.7 Å². The summed E-state index contributed by atoms with van der Waals surface area (Å²) in [7, 11) is 0. The van der Waals surface area contributed by atoms with E-state index in [9.17, 15) is 5.11 Å². The van der Waals surface area contributed by atoms with Gasteiger partial charge in [-0.25, -0.2) is 0 Å². The quantitative estimate of drug-likeness (QED) is 0.402. The molecule has 4 nitrogen and oxygen atoms in total. The van der Waals surface area contributed by atoms with E-state index in [2.05, 4.69) is 18.8 Å². The fourth-order valence-electron chi connectivity index (χ4n) is 1.18. The maximum atomic E-state index is 9.55. The SMILES string of the molecule is C=C(C)COCCNCC(O)COCCCC. The van der Waals surface area contributed by atoms with Crippen molar-refractivity contribution in [3.63, 3.8) is 0 Å². The van der Waals surface area contributed by atoms with Crippen LogP contribution in [0.3, 0.4) is 0 Å². The molecule has 0 aromatic heterocycles. The second-order valence-corrected chi connectivity index (χ2v) is 4.30. The highest BCUT2D eigenvalue weighted by atomic mass is 16.5. The van der Waals surface area contributed by atoms with Gasteiger partial charge in [-0.2, -0.15) is 0 Å². The maximum Gasteiger partial charge on any atom is 0.0897 e. The first-order valence-electron chi connectivity index (χ1n) is 6.35. The van der Waals surface area contributed by atoms with Crippen LogP contribution in [0.2, 0.25) is 0 Å². The lowest BCUT2D eigenvalue weighted by Gasteiger charge is -2.12. The Morgan fingerprint density at radius 3 is 2.76 bits per heavy atom. The average Bonchev–Trinajstić information content (AvgIpc) is 2.29. The smallest absolute Gasteiger partial charge is 0.0897 e. The molecule has 0 aromatic rings. The first kappa shape index (κ1) is 16.6. The molecular weight excluding hydrogens is 218 g/mol. The van der Waals surface area contributed by atoms with Crippen LogP contribution in [0.25, 0.3) is 0 Å². The molecule has 1 unspecified atom stereocenters. The van der Waals surface area contributed by atoms with E-state index in [4.69, 9.17) is 9.47 Å². The second kappa shape index (κ2) is 12.0. The number of nitrogens with one attached hydrogen (secondary N) is 1. The minimum absolute atomic E-state index is 0.402. The lowest BCUT2D eigenvalue weighted by Crippen LogP contribution is -2.32. The van der Waals surface area contributed by atoms with Crippen LogP contribution < -0.4 is 5.32 Å². The summed E-state index contributed by atoms with van der Waals surface area (Å²) in [5.41, 5.74) is 1.02. The van der Waals surface area contributed by atoms with Crippen LogP contribution in [0.1, 0.15) is 26.7 Å². The van der Waals surface area contributed by atoms with Crippen molar-refractivity contribution >= 4 is 0 Å². The van der Waals surface area contributed by atoms with Gasteiger partial charge >= 0.3 is 0 Å². The molecule has 0 bridgehead atoms. The van der Waals surface area contributed by atoms with Gasteiger partial charge in [0.15, 0.2) is 0 Å². The van der Waals surface area contributed by atoms with E-state index in [1.165, 1.54) is 0 Å². The normalized spacial score (nSPS) is 12.6. The third-order valence-corrected chi connectivity index (χ3v) is 2.10. The van der Waals surface area contributed by atoms with E-state index in [0.29, 0.717) is 26.4 Å². The lowest BCUT2D eigenvalue weighted by molar-refractivity contribution is 0.0349. The van der Waals surface area contributed by atoms with Crippen LogP contribution in [0.4, 0.5) is 0 Å². The number of hydrogen-bond acceptors (Lipinski definition) is 4. The Balaban J connectivity index is 3.16. The Labute approximate surface area is 105 Å². The third-order valence-electron chi connectivity index (χ3n) is 2.10. The van der Waals surface area contributed by atoms with Crippen LogP contribution >= 0.6 is 0 Å². The summed E-state index contributed by atoms with van der Waals surface area (Å²) in [5, 5.41) is 12.7. The summed E-state index contributed by atoms with van der Waals surface area (Å²) in [6.07, 6.45) is 1.73. The van der Waals surface area contributed by atoms with Gasteiger partial charge in [-0.15, -0.1) is 0 Å². The van der Waals surface area contributed by atoms with Gasteiger partial charge in [0.2, 0.25) is 0 Å². The predicted molar refractivity (Wildman–Crippen MR) is 70.2 cm³/mol. The standard InChI is InChI=1S/C13H27NO3/c1-4-5-7-16-11-13(15)9-14-6-8-17-10-12(2)3/h13-15H,2,4-11H2,1,3H3. The van der Waals surface area contributed by atoms with Crippen molar-refractivity contribution in [1.29, 1.82) is 0 Å². The second-order valence-electron chi connectivity index (χ2n) is 4.30. The van der Waals surface area contributed by atoms with Gasteiger partial charge in [0.25, 0.3) is 0 Å². The summed E-state index contributed by atoms with van der Waals surface area (Å²) in [6, 6.07) is 0.